The van der Waals surface area contributed by atoms with Gasteiger partial charge in [0.2, 0.25) is 0 Å². The number of ether oxygens (including phenoxy) is 1. The number of hydrogen-bond acceptors (Lipinski definition) is 4. The number of hydrogen-bond donors (Lipinski definition) is 1. The predicted octanol–water partition coefficient (Wildman–Crippen LogP) is 2.59. The fourth-order valence-corrected chi connectivity index (χ4v) is 3.02. The van der Waals surface area contributed by atoms with E-state index in [-0.39, 0.29) is 18.4 Å². The lowest BCUT2D eigenvalue weighted by Gasteiger charge is -2.36. The van der Waals surface area contributed by atoms with Crippen LogP contribution in [-0.2, 0) is 14.3 Å². The van der Waals surface area contributed by atoms with E-state index in [0.29, 0.717) is 6.54 Å². The van der Waals surface area contributed by atoms with Crippen molar-refractivity contribution >= 4 is 11.9 Å². The SMILES string of the molecule is CC(C)=CC1C=C(C)C(C)C(C(=O)OCCN(C)C)C1C(=O)O. The molecule has 1 N–H and O–H groups in total. The number of rotatable bonds is 6. The van der Waals surface area contributed by atoms with Crippen LogP contribution in [0.3, 0.4) is 0 Å². The van der Waals surface area contributed by atoms with E-state index in [4.69, 9.17) is 4.74 Å². The molecule has 1 aliphatic carbocycles. The van der Waals surface area contributed by atoms with Gasteiger partial charge in [0.25, 0.3) is 0 Å². The third kappa shape index (κ3) is 5.20. The van der Waals surface area contributed by atoms with Crippen molar-refractivity contribution in [3.05, 3.63) is 23.3 Å². The monoisotopic (exact) mass is 323 g/mol. The summed E-state index contributed by atoms with van der Waals surface area (Å²) in [7, 11) is 3.80. The zero-order valence-electron chi connectivity index (χ0n) is 15.0. The molecule has 0 saturated heterocycles. The van der Waals surface area contributed by atoms with Gasteiger partial charge in [0.1, 0.15) is 6.61 Å². The van der Waals surface area contributed by atoms with Crippen molar-refractivity contribution in [3.63, 3.8) is 0 Å². The highest BCUT2D eigenvalue weighted by Gasteiger charge is 2.45. The fourth-order valence-electron chi connectivity index (χ4n) is 3.02. The standard InChI is InChI=1S/C18H29NO4/c1-11(2)9-14-10-12(3)13(4)15(16(14)17(20)21)18(22)23-8-7-19(5)6/h9-10,13-16H,7-8H2,1-6H3,(H,20,21). The maximum atomic E-state index is 12.5. The van der Waals surface area contributed by atoms with Gasteiger partial charge in [-0.15, -0.1) is 0 Å². The van der Waals surface area contributed by atoms with Crippen molar-refractivity contribution in [1.82, 2.24) is 4.90 Å². The summed E-state index contributed by atoms with van der Waals surface area (Å²) in [6.07, 6.45) is 3.90. The van der Waals surface area contributed by atoms with Crippen LogP contribution in [0.1, 0.15) is 27.7 Å². The van der Waals surface area contributed by atoms with Crippen LogP contribution in [0.15, 0.2) is 23.3 Å². The van der Waals surface area contributed by atoms with Crippen LogP contribution in [0.25, 0.3) is 0 Å². The number of carbonyl (C=O) groups excluding carboxylic acids is 1. The molecule has 0 aromatic heterocycles. The summed E-state index contributed by atoms with van der Waals surface area (Å²) in [5, 5.41) is 9.68. The molecular formula is C18H29NO4. The highest BCUT2D eigenvalue weighted by atomic mass is 16.5. The second-order valence-electron chi connectivity index (χ2n) is 6.88. The van der Waals surface area contributed by atoms with Gasteiger partial charge in [0, 0.05) is 12.5 Å². The van der Waals surface area contributed by atoms with E-state index in [9.17, 15) is 14.7 Å². The first-order valence-corrected chi connectivity index (χ1v) is 8.02. The van der Waals surface area contributed by atoms with Crippen LogP contribution < -0.4 is 0 Å². The van der Waals surface area contributed by atoms with E-state index < -0.39 is 23.8 Å². The van der Waals surface area contributed by atoms with Crippen LogP contribution in [0.5, 0.6) is 0 Å². The second-order valence-corrected chi connectivity index (χ2v) is 6.88. The predicted molar refractivity (Wildman–Crippen MR) is 90.0 cm³/mol. The van der Waals surface area contributed by atoms with Gasteiger partial charge >= 0.3 is 11.9 Å². The first-order valence-electron chi connectivity index (χ1n) is 8.02. The third-order valence-corrected chi connectivity index (χ3v) is 4.38. The van der Waals surface area contributed by atoms with Gasteiger partial charge in [-0.05, 0) is 40.8 Å². The molecule has 0 aliphatic heterocycles. The largest absolute Gasteiger partial charge is 0.481 e. The Balaban J connectivity index is 3.05. The van der Waals surface area contributed by atoms with E-state index in [1.165, 1.54) is 0 Å². The molecule has 5 nitrogen and oxygen atoms in total. The average Bonchev–Trinajstić information content (AvgIpc) is 2.40. The van der Waals surface area contributed by atoms with E-state index >= 15 is 0 Å². The normalized spacial score (nSPS) is 27.3. The minimum absolute atomic E-state index is 0.134. The zero-order chi connectivity index (χ0) is 17.7. The number of carboxylic acids is 1. The Morgan fingerprint density at radius 1 is 1.30 bits per heavy atom. The number of allylic oxidation sites excluding steroid dienone is 4. The number of nitrogens with zero attached hydrogens (tertiary/aromatic N) is 1. The molecular weight excluding hydrogens is 294 g/mol. The summed E-state index contributed by atoms with van der Waals surface area (Å²) in [6, 6.07) is 0. The molecule has 0 amide bonds. The Bertz CT molecular complexity index is 503. The lowest BCUT2D eigenvalue weighted by molar-refractivity contribution is -0.161. The molecule has 0 aromatic carbocycles. The highest BCUT2D eigenvalue weighted by molar-refractivity contribution is 5.83. The fraction of sp³-hybridized carbons (Fsp3) is 0.667. The van der Waals surface area contributed by atoms with Gasteiger partial charge in [-0.2, -0.15) is 0 Å². The van der Waals surface area contributed by atoms with Gasteiger partial charge in [-0.3, -0.25) is 9.59 Å². The Morgan fingerprint density at radius 2 is 1.91 bits per heavy atom. The molecule has 0 saturated carbocycles. The molecule has 1 aliphatic rings. The zero-order valence-corrected chi connectivity index (χ0v) is 15.0. The van der Waals surface area contributed by atoms with Crippen molar-refractivity contribution in [3.8, 4) is 0 Å². The van der Waals surface area contributed by atoms with Gasteiger partial charge in [0.05, 0.1) is 11.8 Å². The van der Waals surface area contributed by atoms with Crippen LogP contribution in [0.4, 0.5) is 0 Å². The van der Waals surface area contributed by atoms with E-state index in [1.807, 2.05) is 58.8 Å². The number of aliphatic carboxylic acids is 1. The lowest BCUT2D eigenvalue weighted by atomic mass is 9.67. The Hall–Kier alpha value is -1.62. The Kier molecular flexibility index (Phi) is 7.01. The van der Waals surface area contributed by atoms with Crippen LogP contribution >= 0.6 is 0 Å². The maximum Gasteiger partial charge on any atom is 0.310 e. The molecule has 0 bridgehead atoms. The quantitative estimate of drug-likeness (QED) is 0.601. The molecule has 4 atom stereocenters. The van der Waals surface area contributed by atoms with Gasteiger partial charge in [-0.25, -0.2) is 0 Å². The van der Waals surface area contributed by atoms with E-state index in [1.54, 1.807) is 0 Å². The van der Waals surface area contributed by atoms with Crippen molar-refractivity contribution in [2.45, 2.75) is 27.7 Å². The smallest absolute Gasteiger partial charge is 0.310 e. The Labute approximate surface area is 139 Å². The molecule has 0 spiro atoms. The lowest BCUT2D eigenvalue weighted by Crippen LogP contribution is -2.42. The number of carboxylic acid groups (broad SMARTS) is 1. The average molecular weight is 323 g/mol. The molecule has 23 heavy (non-hydrogen) atoms. The summed E-state index contributed by atoms with van der Waals surface area (Å²) in [4.78, 5) is 26.3. The van der Waals surface area contributed by atoms with E-state index in [2.05, 4.69) is 0 Å². The van der Waals surface area contributed by atoms with Crippen molar-refractivity contribution in [2.75, 3.05) is 27.2 Å². The molecule has 4 unspecified atom stereocenters. The summed E-state index contributed by atoms with van der Waals surface area (Å²) < 4.78 is 5.35. The topological polar surface area (TPSA) is 66.8 Å². The highest BCUT2D eigenvalue weighted by Crippen LogP contribution is 2.40. The second kappa shape index (κ2) is 8.29. The van der Waals surface area contributed by atoms with Gasteiger partial charge in [-0.1, -0.05) is 30.2 Å². The minimum atomic E-state index is -0.947. The Morgan fingerprint density at radius 3 is 2.39 bits per heavy atom. The summed E-state index contributed by atoms with van der Waals surface area (Å²) in [6.45, 7) is 8.62. The number of esters is 1. The van der Waals surface area contributed by atoms with E-state index in [0.717, 1.165) is 11.1 Å². The van der Waals surface area contributed by atoms with Gasteiger partial charge in [0.15, 0.2) is 0 Å². The first-order chi connectivity index (χ1) is 10.6. The van der Waals surface area contributed by atoms with Crippen molar-refractivity contribution in [1.29, 1.82) is 0 Å². The summed E-state index contributed by atoms with van der Waals surface area (Å²) >= 11 is 0. The summed E-state index contributed by atoms with van der Waals surface area (Å²) in [5.41, 5.74) is 2.08. The minimum Gasteiger partial charge on any atom is -0.481 e. The molecule has 1 rings (SSSR count). The molecule has 0 radical (unpaired) electrons. The van der Waals surface area contributed by atoms with Crippen molar-refractivity contribution in [2.24, 2.45) is 23.7 Å². The number of carbonyl (C=O) groups is 2. The molecule has 130 valence electrons. The summed E-state index contributed by atoms with van der Waals surface area (Å²) in [5.74, 6) is -3.20. The molecule has 5 heteroatoms. The molecule has 0 heterocycles. The maximum absolute atomic E-state index is 12.5. The van der Waals surface area contributed by atoms with Crippen LogP contribution in [0.2, 0.25) is 0 Å². The van der Waals surface area contributed by atoms with Crippen LogP contribution in [0, 0.1) is 23.7 Å². The molecule has 0 aromatic rings. The molecule has 0 fully saturated rings. The van der Waals surface area contributed by atoms with Crippen molar-refractivity contribution < 1.29 is 19.4 Å². The number of likely N-dealkylation sites (N-methyl/N-ethyl adjacent to an activating group) is 1. The first kappa shape index (κ1) is 19.4. The van der Waals surface area contributed by atoms with Gasteiger partial charge < -0.3 is 14.7 Å². The third-order valence-electron chi connectivity index (χ3n) is 4.38. The van der Waals surface area contributed by atoms with Crippen LogP contribution in [-0.4, -0.2) is 49.2 Å².